The second-order valence-corrected chi connectivity index (χ2v) is 7.27. The van der Waals surface area contributed by atoms with Gasteiger partial charge in [-0.1, -0.05) is 43.3 Å². The zero-order chi connectivity index (χ0) is 19.7. The lowest BCUT2D eigenvalue weighted by atomic mass is 10.1. The van der Waals surface area contributed by atoms with Crippen molar-refractivity contribution in [1.82, 2.24) is 4.98 Å². The molecule has 5 heteroatoms. The van der Waals surface area contributed by atoms with Gasteiger partial charge in [0.1, 0.15) is 0 Å². The van der Waals surface area contributed by atoms with E-state index < -0.39 is 0 Å². The zero-order valence-corrected chi connectivity index (χ0v) is 16.0. The third-order valence-corrected chi connectivity index (χ3v) is 5.34. The van der Waals surface area contributed by atoms with Gasteiger partial charge in [-0.2, -0.15) is 0 Å². The lowest BCUT2D eigenvalue weighted by molar-refractivity contribution is -0.122. The number of carbonyl (C=O) groups is 2. The summed E-state index contributed by atoms with van der Waals surface area (Å²) >= 11 is 0. The van der Waals surface area contributed by atoms with E-state index in [0.29, 0.717) is 12.1 Å². The molecule has 3 aromatic rings. The second kappa shape index (κ2) is 7.43. The van der Waals surface area contributed by atoms with Crippen molar-refractivity contribution >= 4 is 34.1 Å². The number of amides is 2. The Bertz CT molecular complexity index is 1060. The Kier molecular flexibility index (Phi) is 4.82. The first-order valence-corrected chi connectivity index (χ1v) is 9.62. The molecule has 0 bridgehead atoms. The molecule has 4 rings (SSSR count). The van der Waals surface area contributed by atoms with Crippen LogP contribution >= 0.6 is 0 Å². The summed E-state index contributed by atoms with van der Waals surface area (Å²) in [5, 5.41) is 6.96. The van der Waals surface area contributed by atoms with E-state index in [0.717, 1.165) is 34.1 Å². The molecule has 1 fully saturated rings. The molecule has 1 aliphatic rings. The predicted octanol–water partition coefficient (Wildman–Crippen LogP) is 4.32. The maximum absolute atomic E-state index is 12.7. The smallest absolute Gasteiger partial charge is 0.228 e. The Balaban J connectivity index is 1.44. The Morgan fingerprint density at radius 1 is 1.00 bits per heavy atom. The number of benzene rings is 2. The number of fused-ring (bicyclic) bond motifs is 1. The molecule has 142 valence electrons. The summed E-state index contributed by atoms with van der Waals surface area (Å²) < 4.78 is 0. The highest BCUT2D eigenvalue weighted by atomic mass is 16.2. The molecular formula is C23H23N3O2. The molecule has 1 heterocycles. The molecule has 2 amide bonds. The van der Waals surface area contributed by atoms with Crippen molar-refractivity contribution in [3.05, 3.63) is 65.9 Å². The number of nitrogens with zero attached hydrogens (tertiary/aromatic N) is 1. The molecular weight excluding hydrogens is 350 g/mol. The molecule has 2 unspecified atom stereocenters. The average Bonchev–Trinajstić information content (AvgIpc) is 3.51. The molecule has 0 spiro atoms. The van der Waals surface area contributed by atoms with Crippen molar-refractivity contribution in [2.75, 3.05) is 10.6 Å². The van der Waals surface area contributed by atoms with Gasteiger partial charge in [0.15, 0.2) is 0 Å². The standard InChI is InChI=1S/C23H23N3O2/c1-3-15-8-4-7-14(2)20(15)26-23(28)18-13-17(18)22(27)25-19-11-5-9-16-10-6-12-24-21(16)19/h4-12,17-18H,3,13H2,1-2H3,(H,25,27)(H,26,28). The van der Waals surface area contributed by atoms with Crippen molar-refractivity contribution in [1.29, 1.82) is 0 Å². The van der Waals surface area contributed by atoms with E-state index in [9.17, 15) is 9.59 Å². The van der Waals surface area contributed by atoms with Crippen LogP contribution in [0.5, 0.6) is 0 Å². The third kappa shape index (κ3) is 3.48. The normalized spacial score (nSPS) is 17.9. The van der Waals surface area contributed by atoms with Gasteiger partial charge in [0, 0.05) is 17.3 Å². The monoisotopic (exact) mass is 373 g/mol. The number of para-hydroxylation sites is 2. The molecule has 2 atom stereocenters. The average molecular weight is 373 g/mol. The zero-order valence-electron chi connectivity index (χ0n) is 16.0. The summed E-state index contributed by atoms with van der Waals surface area (Å²) in [7, 11) is 0. The summed E-state index contributed by atoms with van der Waals surface area (Å²) in [6.07, 6.45) is 3.13. The van der Waals surface area contributed by atoms with Crippen molar-refractivity contribution in [2.45, 2.75) is 26.7 Å². The topological polar surface area (TPSA) is 71.1 Å². The summed E-state index contributed by atoms with van der Waals surface area (Å²) in [5.74, 6) is -0.792. The fraction of sp³-hybridized carbons (Fsp3) is 0.261. The highest BCUT2D eigenvalue weighted by Gasteiger charge is 2.48. The lowest BCUT2D eigenvalue weighted by Gasteiger charge is -2.13. The summed E-state index contributed by atoms with van der Waals surface area (Å²) in [6.45, 7) is 4.05. The molecule has 1 aliphatic carbocycles. The van der Waals surface area contributed by atoms with Gasteiger partial charge in [-0.3, -0.25) is 14.6 Å². The molecule has 1 aromatic heterocycles. The number of aryl methyl sites for hydroxylation is 2. The number of hydrogen-bond donors (Lipinski definition) is 2. The van der Waals surface area contributed by atoms with Gasteiger partial charge in [0.25, 0.3) is 0 Å². The minimum absolute atomic E-state index is 0.0832. The van der Waals surface area contributed by atoms with Crippen LogP contribution in [0.4, 0.5) is 11.4 Å². The van der Waals surface area contributed by atoms with Crippen LogP contribution in [-0.2, 0) is 16.0 Å². The number of carbonyl (C=O) groups excluding carboxylic acids is 2. The third-order valence-electron chi connectivity index (χ3n) is 5.34. The molecule has 5 nitrogen and oxygen atoms in total. The highest BCUT2D eigenvalue weighted by Crippen LogP contribution is 2.41. The molecule has 28 heavy (non-hydrogen) atoms. The quantitative estimate of drug-likeness (QED) is 0.700. The number of pyridine rings is 1. The van der Waals surface area contributed by atoms with Gasteiger partial charge in [-0.25, -0.2) is 0 Å². The van der Waals surface area contributed by atoms with Crippen molar-refractivity contribution < 1.29 is 9.59 Å². The van der Waals surface area contributed by atoms with Crippen LogP contribution in [0.15, 0.2) is 54.7 Å². The summed E-state index contributed by atoms with van der Waals surface area (Å²) in [5.41, 5.74) is 4.46. The highest BCUT2D eigenvalue weighted by molar-refractivity contribution is 6.06. The predicted molar refractivity (Wildman–Crippen MR) is 111 cm³/mol. The fourth-order valence-electron chi connectivity index (χ4n) is 3.62. The van der Waals surface area contributed by atoms with E-state index in [1.807, 2.05) is 55.5 Å². The second-order valence-electron chi connectivity index (χ2n) is 7.27. The number of rotatable bonds is 5. The Morgan fingerprint density at radius 2 is 1.71 bits per heavy atom. The summed E-state index contributed by atoms with van der Waals surface area (Å²) in [4.78, 5) is 29.7. The fourth-order valence-corrected chi connectivity index (χ4v) is 3.62. The minimum Gasteiger partial charge on any atom is -0.325 e. The van der Waals surface area contributed by atoms with Crippen LogP contribution in [0.3, 0.4) is 0 Å². The van der Waals surface area contributed by atoms with Gasteiger partial charge in [-0.15, -0.1) is 0 Å². The van der Waals surface area contributed by atoms with Crippen molar-refractivity contribution in [2.24, 2.45) is 11.8 Å². The molecule has 2 aromatic carbocycles. The SMILES string of the molecule is CCc1cccc(C)c1NC(=O)C1CC1C(=O)Nc1cccc2cccnc12. The Labute approximate surface area is 164 Å². The first-order chi connectivity index (χ1) is 13.6. The molecule has 0 radical (unpaired) electrons. The van der Waals surface area contributed by atoms with E-state index in [1.165, 1.54) is 0 Å². The Morgan fingerprint density at radius 3 is 2.50 bits per heavy atom. The number of aromatic nitrogens is 1. The summed E-state index contributed by atoms with van der Waals surface area (Å²) in [6, 6.07) is 15.5. The van der Waals surface area contributed by atoms with E-state index in [4.69, 9.17) is 0 Å². The largest absolute Gasteiger partial charge is 0.325 e. The number of anilines is 2. The van der Waals surface area contributed by atoms with Crippen LogP contribution < -0.4 is 10.6 Å². The van der Waals surface area contributed by atoms with E-state index in [2.05, 4.69) is 22.5 Å². The Hall–Kier alpha value is -3.21. The molecule has 2 N–H and O–H groups in total. The molecule has 1 saturated carbocycles. The van der Waals surface area contributed by atoms with Gasteiger partial charge in [0.05, 0.1) is 23.0 Å². The van der Waals surface area contributed by atoms with Gasteiger partial charge in [0.2, 0.25) is 11.8 Å². The molecule has 0 aliphatic heterocycles. The maximum Gasteiger partial charge on any atom is 0.228 e. The van der Waals surface area contributed by atoms with Gasteiger partial charge in [-0.05, 0) is 43.0 Å². The van der Waals surface area contributed by atoms with Crippen LogP contribution in [0.2, 0.25) is 0 Å². The van der Waals surface area contributed by atoms with Gasteiger partial charge < -0.3 is 10.6 Å². The minimum atomic E-state index is -0.298. The number of hydrogen-bond acceptors (Lipinski definition) is 3. The lowest BCUT2D eigenvalue weighted by Crippen LogP contribution is -2.21. The van der Waals surface area contributed by atoms with Crippen LogP contribution in [0.1, 0.15) is 24.5 Å². The maximum atomic E-state index is 12.7. The number of nitrogens with one attached hydrogen (secondary N) is 2. The van der Waals surface area contributed by atoms with E-state index in [-0.39, 0.29) is 23.7 Å². The van der Waals surface area contributed by atoms with Crippen LogP contribution in [0.25, 0.3) is 10.9 Å². The van der Waals surface area contributed by atoms with Crippen LogP contribution in [-0.4, -0.2) is 16.8 Å². The van der Waals surface area contributed by atoms with Gasteiger partial charge >= 0.3 is 0 Å². The van der Waals surface area contributed by atoms with Crippen molar-refractivity contribution in [3.8, 4) is 0 Å². The first-order valence-electron chi connectivity index (χ1n) is 9.62. The van der Waals surface area contributed by atoms with Crippen LogP contribution in [0, 0.1) is 18.8 Å². The van der Waals surface area contributed by atoms with Crippen molar-refractivity contribution in [3.63, 3.8) is 0 Å². The van der Waals surface area contributed by atoms with E-state index >= 15 is 0 Å². The first kappa shape index (κ1) is 18.2. The molecule has 0 saturated heterocycles. The van der Waals surface area contributed by atoms with E-state index in [1.54, 1.807) is 6.20 Å².